The number of likely N-dealkylation sites (tertiary alicyclic amines) is 1. The highest BCUT2D eigenvalue weighted by Crippen LogP contribution is 2.41. The van der Waals surface area contributed by atoms with Crippen LogP contribution in [0.25, 0.3) is 0 Å². The van der Waals surface area contributed by atoms with Crippen LogP contribution in [-0.4, -0.2) is 40.5 Å². The van der Waals surface area contributed by atoms with Crippen LogP contribution in [0.3, 0.4) is 0 Å². The zero-order valence-corrected chi connectivity index (χ0v) is 10.4. The van der Waals surface area contributed by atoms with Crippen LogP contribution in [0, 0.1) is 23.7 Å². The SMILES string of the molecule is C[C@@H]1C=C[C@@H]2C(=O)N(CC(F)(F)F)C(=O)[C@H]2[C@@H]1C(=O)O. The summed E-state index contributed by atoms with van der Waals surface area (Å²) in [6.07, 6.45) is -1.90. The van der Waals surface area contributed by atoms with Crippen LogP contribution in [0.1, 0.15) is 6.92 Å². The van der Waals surface area contributed by atoms with Crippen molar-refractivity contribution >= 4 is 17.8 Å². The van der Waals surface area contributed by atoms with Crippen molar-refractivity contribution in [1.82, 2.24) is 4.90 Å². The third kappa shape index (κ3) is 2.30. The molecule has 0 bridgehead atoms. The highest BCUT2D eigenvalue weighted by molar-refractivity contribution is 6.07. The van der Waals surface area contributed by atoms with E-state index in [0.717, 1.165) is 0 Å². The van der Waals surface area contributed by atoms with Crippen molar-refractivity contribution < 1.29 is 32.7 Å². The number of hydrogen-bond donors (Lipinski definition) is 1. The Hall–Kier alpha value is -1.86. The molecule has 1 N–H and O–H groups in total. The number of nitrogens with zero attached hydrogens (tertiary/aromatic N) is 1. The fraction of sp³-hybridized carbons (Fsp3) is 0.583. The number of carboxylic acid groups (broad SMARTS) is 1. The quantitative estimate of drug-likeness (QED) is 0.609. The molecule has 4 atom stereocenters. The van der Waals surface area contributed by atoms with E-state index in [1.165, 1.54) is 12.2 Å². The number of hydrogen-bond acceptors (Lipinski definition) is 3. The third-order valence-electron chi connectivity index (χ3n) is 3.69. The van der Waals surface area contributed by atoms with Crippen LogP contribution in [0.2, 0.25) is 0 Å². The van der Waals surface area contributed by atoms with E-state index in [9.17, 15) is 27.6 Å². The lowest BCUT2D eigenvalue weighted by Gasteiger charge is -2.28. The molecule has 1 aliphatic heterocycles. The van der Waals surface area contributed by atoms with Crippen LogP contribution in [0.15, 0.2) is 12.2 Å². The molecule has 2 amide bonds. The van der Waals surface area contributed by atoms with Crippen LogP contribution in [0.4, 0.5) is 13.2 Å². The number of aliphatic carboxylic acids is 1. The minimum Gasteiger partial charge on any atom is -0.481 e. The van der Waals surface area contributed by atoms with Crippen molar-refractivity contribution in [3.63, 3.8) is 0 Å². The third-order valence-corrected chi connectivity index (χ3v) is 3.69. The van der Waals surface area contributed by atoms with Gasteiger partial charge in [-0.3, -0.25) is 19.3 Å². The Labute approximate surface area is 112 Å². The number of amides is 2. The smallest absolute Gasteiger partial charge is 0.406 e. The van der Waals surface area contributed by atoms with Crippen molar-refractivity contribution in [1.29, 1.82) is 0 Å². The van der Waals surface area contributed by atoms with Gasteiger partial charge in [-0.1, -0.05) is 19.1 Å². The lowest BCUT2D eigenvalue weighted by molar-refractivity contribution is -0.167. The summed E-state index contributed by atoms with van der Waals surface area (Å²) in [6, 6.07) is 0. The van der Waals surface area contributed by atoms with Gasteiger partial charge in [-0.05, 0) is 5.92 Å². The molecule has 0 radical (unpaired) electrons. The minimum atomic E-state index is -4.70. The molecule has 2 rings (SSSR count). The monoisotopic (exact) mass is 291 g/mol. The number of alkyl halides is 3. The lowest BCUT2D eigenvalue weighted by Crippen LogP contribution is -2.41. The summed E-state index contributed by atoms with van der Waals surface area (Å²) in [5.74, 6) is -7.37. The Bertz CT molecular complexity index is 499. The van der Waals surface area contributed by atoms with Gasteiger partial charge in [0.05, 0.1) is 17.8 Å². The summed E-state index contributed by atoms with van der Waals surface area (Å²) >= 11 is 0. The number of carbonyl (C=O) groups is 3. The minimum absolute atomic E-state index is 0.119. The van der Waals surface area contributed by atoms with E-state index in [1.807, 2.05) is 0 Å². The summed E-state index contributed by atoms with van der Waals surface area (Å²) in [7, 11) is 0. The van der Waals surface area contributed by atoms with Crippen LogP contribution in [0.5, 0.6) is 0 Å². The molecular formula is C12H12F3NO4. The maximum atomic E-state index is 12.4. The molecule has 8 heteroatoms. The number of fused-ring (bicyclic) bond motifs is 1. The van der Waals surface area contributed by atoms with E-state index < -0.39 is 54.2 Å². The Morgan fingerprint density at radius 1 is 1.30 bits per heavy atom. The van der Waals surface area contributed by atoms with E-state index in [-0.39, 0.29) is 4.90 Å². The highest BCUT2D eigenvalue weighted by atomic mass is 19.4. The number of imide groups is 1. The van der Waals surface area contributed by atoms with Crippen molar-refractivity contribution in [2.75, 3.05) is 6.54 Å². The van der Waals surface area contributed by atoms with Crippen molar-refractivity contribution in [3.8, 4) is 0 Å². The first-order chi connectivity index (χ1) is 9.13. The molecular weight excluding hydrogens is 279 g/mol. The molecule has 0 aromatic rings. The second-order valence-electron chi connectivity index (χ2n) is 5.04. The molecule has 0 unspecified atom stereocenters. The zero-order valence-electron chi connectivity index (χ0n) is 10.4. The predicted molar refractivity (Wildman–Crippen MR) is 59.2 cm³/mol. The molecule has 5 nitrogen and oxygen atoms in total. The topological polar surface area (TPSA) is 74.7 Å². The number of allylic oxidation sites excluding steroid dienone is 1. The highest BCUT2D eigenvalue weighted by Gasteiger charge is 2.56. The lowest BCUT2D eigenvalue weighted by atomic mass is 9.72. The average molecular weight is 291 g/mol. The molecule has 0 spiro atoms. The van der Waals surface area contributed by atoms with Gasteiger partial charge in [-0.2, -0.15) is 13.2 Å². The number of carboxylic acids is 1. The summed E-state index contributed by atoms with van der Waals surface area (Å²) in [5.41, 5.74) is 0. The average Bonchev–Trinajstić information content (AvgIpc) is 2.52. The van der Waals surface area contributed by atoms with Gasteiger partial charge in [-0.15, -0.1) is 0 Å². The maximum absolute atomic E-state index is 12.4. The fourth-order valence-corrected chi connectivity index (χ4v) is 2.81. The van der Waals surface area contributed by atoms with E-state index in [1.54, 1.807) is 6.92 Å². The summed E-state index contributed by atoms with van der Waals surface area (Å²) in [4.78, 5) is 35.2. The van der Waals surface area contributed by atoms with Gasteiger partial charge < -0.3 is 5.11 Å². The number of carbonyl (C=O) groups excluding carboxylic acids is 2. The van der Waals surface area contributed by atoms with Crippen LogP contribution < -0.4 is 0 Å². The molecule has 0 saturated carbocycles. The fourth-order valence-electron chi connectivity index (χ4n) is 2.81. The Morgan fingerprint density at radius 2 is 1.90 bits per heavy atom. The van der Waals surface area contributed by atoms with Gasteiger partial charge >= 0.3 is 12.1 Å². The zero-order chi connectivity index (χ0) is 15.2. The number of rotatable bonds is 2. The van der Waals surface area contributed by atoms with Gasteiger partial charge in [0.25, 0.3) is 0 Å². The van der Waals surface area contributed by atoms with Crippen LogP contribution in [-0.2, 0) is 14.4 Å². The van der Waals surface area contributed by atoms with Gasteiger partial charge in [0.1, 0.15) is 6.54 Å². The van der Waals surface area contributed by atoms with E-state index in [0.29, 0.717) is 0 Å². The van der Waals surface area contributed by atoms with Gasteiger partial charge in [-0.25, -0.2) is 0 Å². The van der Waals surface area contributed by atoms with Crippen LogP contribution >= 0.6 is 0 Å². The van der Waals surface area contributed by atoms with Crippen molar-refractivity contribution in [3.05, 3.63) is 12.2 Å². The first-order valence-electron chi connectivity index (χ1n) is 5.96. The molecule has 2 aliphatic rings. The second-order valence-corrected chi connectivity index (χ2v) is 5.04. The molecule has 0 aromatic heterocycles. The van der Waals surface area contributed by atoms with Crippen molar-refractivity contribution in [2.45, 2.75) is 13.1 Å². The second kappa shape index (κ2) is 4.60. The first-order valence-corrected chi connectivity index (χ1v) is 5.96. The summed E-state index contributed by atoms with van der Waals surface area (Å²) < 4.78 is 37.2. The largest absolute Gasteiger partial charge is 0.481 e. The normalized spacial score (nSPS) is 33.5. The maximum Gasteiger partial charge on any atom is 0.406 e. The molecule has 20 heavy (non-hydrogen) atoms. The predicted octanol–water partition coefficient (Wildman–Crippen LogP) is 1.06. The molecule has 1 saturated heterocycles. The molecule has 110 valence electrons. The first kappa shape index (κ1) is 14.5. The molecule has 1 aliphatic carbocycles. The Morgan fingerprint density at radius 3 is 2.40 bits per heavy atom. The van der Waals surface area contributed by atoms with Gasteiger partial charge in [0.15, 0.2) is 0 Å². The van der Waals surface area contributed by atoms with Gasteiger partial charge in [0, 0.05) is 0 Å². The Balaban J connectivity index is 2.35. The van der Waals surface area contributed by atoms with E-state index in [2.05, 4.69) is 0 Å². The number of halogens is 3. The molecule has 0 aromatic carbocycles. The Kier molecular flexibility index (Phi) is 3.35. The van der Waals surface area contributed by atoms with Gasteiger partial charge in [0.2, 0.25) is 11.8 Å². The standard InChI is InChI=1S/C12H12F3NO4/c1-5-2-3-6-8(7(5)11(19)20)10(18)16(9(6)17)4-12(13,14)15/h2-3,5-8H,4H2,1H3,(H,19,20)/t5-,6+,7-,8-/m1/s1. The van der Waals surface area contributed by atoms with E-state index >= 15 is 0 Å². The summed E-state index contributed by atoms with van der Waals surface area (Å²) in [6.45, 7) is -0.123. The van der Waals surface area contributed by atoms with E-state index in [4.69, 9.17) is 5.11 Å². The molecule has 1 heterocycles. The molecule has 1 fully saturated rings. The van der Waals surface area contributed by atoms with Crippen molar-refractivity contribution in [2.24, 2.45) is 23.7 Å². The summed E-state index contributed by atoms with van der Waals surface area (Å²) in [5, 5.41) is 9.14.